The molecule has 0 aliphatic heterocycles. The van der Waals surface area contributed by atoms with Crippen LogP contribution in [0.5, 0.6) is 0 Å². The molecule has 2 aromatic carbocycles. The van der Waals surface area contributed by atoms with Crippen LogP contribution in [0, 0.1) is 0 Å². The summed E-state index contributed by atoms with van der Waals surface area (Å²) in [6.45, 7) is 0. The molecule has 0 saturated heterocycles. The summed E-state index contributed by atoms with van der Waals surface area (Å²) < 4.78 is 1.77. The van der Waals surface area contributed by atoms with Gasteiger partial charge in [0.1, 0.15) is 5.82 Å². The molecule has 0 bridgehead atoms. The average Bonchev–Trinajstić information content (AvgIpc) is 2.91. The molecule has 0 spiro atoms. The van der Waals surface area contributed by atoms with Gasteiger partial charge in [0.05, 0.1) is 6.04 Å². The van der Waals surface area contributed by atoms with Crippen molar-refractivity contribution in [3.8, 4) is 11.4 Å². The highest BCUT2D eigenvalue weighted by Gasteiger charge is 2.16. The number of hydrogen-bond donors (Lipinski definition) is 1. The average molecular weight is 278 g/mol. The molecule has 1 unspecified atom stereocenters. The van der Waals surface area contributed by atoms with Gasteiger partial charge >= 0.3 is 0 Å². The smallest absolute Gasteiger partial charge is 0.181 e. The number of rotatable bonds is 4. The molecule has 0 amide bonds. The standard InChI is InChI=1S/C17H18N4/c1-21-17(15(18)12-13-8-4-2-5-9-13)19-16(20-21)14-10-6-3-7-11-14/h2-11,15H,12,18H2,1H3. The molecule has 3 aromatic rings. The van der Waals surface area contributed by atoms with E-state index in [2.05, 4.69) is 22.2 Å². The third-order valence-corrected chi connectivity index (χ3v) is 3.46. The van der Waals surface area contributed by atoms with Crippen molar-refractivity contribution in [2.24, 2.45) is 12.8 Å². The van der Waals surface area contributed by atoms with Crippen LogP contribution < -0.4 is 5.73 Å². The lowest BCUT2D eigenvalue weighted by atomic mass is 10.1. The van der Waals surface area contributed by atoms with E-state index in [-0.39, 0.29) is 6.04 Å². The third kappa shape index (κ3) is 3.01. The van der Waals surface area contributed by atoms with Gasteiger partial charge in [-0.1, -0.05) is 60.7 Å². The molecule has 1 atom stereocenters. The van der Waals surface area contributed by atoms with Crippen LogP contribution in [-0.4, -0.2) is 14.8 Å². The van der Waals surface area contributed by atoms with Crippen molar-refractivity contribution in [1.29, 1.82) is 0 Å². The summed E-state index contributed by atoms with van der Waals surface area (Å²) in [5, 5.41) is 4.47. The summed E-state index contributed by atoms with van der Waals surface area (Å²) in [5.41, 5.74) is 8.50. The van der Waals surface area contributed by atoms with Crippen molar-refractivity contribution in [2.45, 2.75) is 12.5 Å². The van der Waals surface area contributed by atoms with Crippen LogP contribution in [0.1, 0.15) is 17.4 Å². The molecule has 4 heteroatoms. The zero-order valence-electron chi connectivity index (χ0n) is 12.0. The van der Waals surface area contributed by atoms with Gasteiger partial charge < -0.3 is 5.73 Å². The highest BCUT2D eigenvalue weighted by atomic mass is 15.3. The van der Waals surface area contributed by atoms with Gasteiger partial charge in [0.2, 0.25) is 0 Å². The predicted molar refractivity (Wildman–Crippen MR) is 83.5 cm³/mol. The zero-order chi connectivity index (χ0) is 14.7. The van der Waals surface area contributed by atoms with E-state index in [1.54, 1.807) is 4.68 Å². The van der Waals surface area contributed by atoms with Crippen molar-refractivity contribution < 1.29 is 0 Å². The number of aromatic nitrogens is 3. The van der Waals surface area contributed by atoms with Crippen molar-refractivity contribution >= 4 is 0 Å². The van der Waals surface area contributed by atoms with Crippen LogP contribution in [0.3, 0.4) is 0 Å². The lowest BCUT2D eigenvalue weighted by Gasteiger charge is -2.10. The fourth-order valence-electron chi connectivity index (χ4n) is 2.39. The van der Waals surface area contributed by atoms with Crippen molar-refractivity contribution in [2.75, 3.05) is 0 Å². The summed E-state index contributed by atoms with van der Waals surface area (Å²) >= 11 is 0. The molecule has 21 heavy (non-hydrogen) atoms. The molecule has 3 rings (SSSR count). The summed E-state index contributed by atoms with van der Waals surface area (Å²) in [7, 11) is 1.89. The maximum Gasteiger partial charge on any atom is 0.181 e. The van der Waals surface area contributed by atoms with Crippen LogP contribution in [0.4, 0.5) is 0 Å². The Kier molecular flexibility index (Phi) is 3.79. The Balaban J connectivity index is 1.84. The minimum Gasteiger partial charge on any atom is -0.321 e. The minimum absolute atomic E-state index is 0.164. The first-order valence-corrected chi connectivity index (χ1v) is 7.00. The van der Waals surface area contributed by atoms with Crippen LogP contribution >= 0.6 is 0 Å². The molecule has 0 aliphatic rings. The lowest BCUT2D eigenvalue weighted by Crippen LogP contribution is -2.18. The molecule has 0 aliphatic carbocycles. The Morgan fingerprint density at radius 1 is 1.00 bits per heavy atom. The van der Waals surface area contributed by atoms with Crippen LogP contribution in [0.25, 0.3) is 11.4 Å². The van der Waals surface area contributed by atoms with E-state index in [0.717, 1.165) is 23.6 Å². The molecule has 1 heterocycles. The number of aryl methyl sites for hydroxylation is 1. The van der Waals surface area contributed by atoms with Crippen LogP contribution in [-0.2, 0) is 13.5 Å². The molecule has 0 saturated carbocycles. The molecule has 0 radical (unpaired) electrons. The van der Waals surface area contributed by atoms with Gasteiger partial charge in [-0.2, -0.15) is 5.10 Å². The van der Waals surface area contributed by atoms with Gasteiger partial charge in [0, 0.05) is 12.6 Å². The van der Waals surface area contributed by atoms with Crippen LogP contribution in [0.2, 0.25) is 0 Å². The fourth-order valence-corrected chi connectivity index (χ4v) is 2.39. The Morgan fingerprint density at radius 2 is 1.62 bits per heavy atom. The molecule has 106 valence electrons. The van der Waals surface area contributed by atoms with Gasteiger partial charge in [-0.05, 0) is 12.0 Å². The van der Waals surface area contributed by atoms with E-state index in [1.165, 1.54) is 5.56 Å². The largest absolute Gasteiger partial charge is 0.321 e. The summed E-state index contributed by atoms with van der Waals surface area (Å²) in [6.07, 6.45) is 0.752. The molecule has 4 nitrogen and oxygen atoms in total. The second kappa shape index (κ2) is 5.89. The maximum atomic E-state index is 6.30. The third-order valence-electron chi connectivity index (χ3n) is 3.46. The van der Waals surface area contributed by atoms with E-state index in [4.69, 9.17) is 5.73 Å². The van der Waals surface area contributed by atoms with E-state index in [9.17, 15) is 0 Å². The first-order chi connectivity index (χ1) is 10.2. The topological polar surface area (TPSA) is 56.7 Å². The second-order valence-electron chi connectivity index (χ2n) is 5.08. The first-order valence-electron chi connectivity index (χ1n) is 7.00. The van der Waals surface area contributed by atoms with Gasteiger partial charge in [0.15, 0.2) is 5.82 Å². The van der Waals surface area contributed by atoms with E-state index >= 15 is 0 Å². The summed E-state index contributed by atoms with van der Waals surface area (Å²) in [5.74, 6) is 1.52. The van der Waals surface area contributed by atoms with Crippen LogP contribution in [0.15, 0.2) is 60.7 Å². The maximum absolute atomic E-state index is 6.30. The number of nitrogens with two attached hydrogens (primary N) is 1. The van der Waals surface area contributed by atoms with E-state index < -0.39 is 0 Å². The lowest BCUT2D eigenvalue weighted by molar-refractivity contribution is 0.601. The quantitative estimate of drug-likeness (QED) is 0.798. The highest BCUT2D eigenvalue weighted by molar-refractivity contribution is 5.54. The monoisotopic (exact) mass is 278 g/mol. The molecule has 0 fully saturated rings. The number of hydrogen-bond acceptors (Lipinski definition) is 3. The SMILES string of the molecule is Cn1nc(-c2ccccc2)nc1C(N)Cc1ccccc1. The van der Waals surface area contributed by atoms with Gasteiger partial charge in [0.25, 0.3) is 0 Å². The minimum atomic E-state index is -0.164. The highest BCUT2D eigenvalue weighted by Crippen LogP contribution is 2.19. The number of nitrogens with zero attached hydrogens (tertiary/aromatic N) is 3. The van der Waals surface area contributed by atoms with E-state index in [0.29, 0.717) is 0 Å². The second-order valence-corrected chi connectivity index (χ2v) is 5.08. The predicted octanol–water partition coefficient (Wildman–Crippen LogP) is 2.72. The summed E-state index contributed by atoms with van der Waals surface area (Å²) in [4.78, 5) is 4.60. The van der Waals surface area contributed by atoms with Crippen molar-refractivity contribution in [3.63, 3.8) is 0 Å². The Morgan fingerprint density at radius 3 is 2.29 bits per heavy atom. The Bertz CT molecular complexity index is 704. The summed E-state index contributed by atoms with van der Waals surface area (Å²) in [6, 6.07) is 20.0. The van der Waals surface area contributed by atoms with Gasteiger partial charge in [-0.3, -0.25) is 4.68 Å². The molecular formula is C17H18N4. The molecular weight excluding hydrogens is 260 g/mol. The van der Waals surface area contributed by atoms with Crippen molar-refractivity contribution in [1.82, 2.24) is 14.8 Å². The Hall–Kier alpha value is -2.46. The zero-order valence-corrected chi connectivity index (χ0v) is 12.0. The fraction of sp³-hybridized carbons (Fsp3) is 0.176. The van der Waals surface area contributed by atoms with Crippen molar-refractivity contribution in [3.05, 3.63) is 72.1 Å². The van der Waals surface area contributed by atoms with Gasteiger partial charge in [-0.15, -0.1) is 0 Å². The van der Waals surface area contributed by atoms with Gasteiger partial charge in [-0.25, -0.2) is 4.98 Å². The first kappa shape index (κ1) is 13.5. The molecule has 2 N–H and O–H groups in total. The Labute approximate surface area is 124 Å². The number of benzene rings is 2. The van der Waals surface area contributed by atoms with E-state index in [1.807, 2.05) is 55.6 Å². The normalized spacial score (nSPS) is 12.3. The molecule has 1 aromatic heterocycles.